The predicted octanol–water partition coefficient (Wildman–Crippen LogP) is 3.46. The van der Waals surface area contributed by atoms with Gasteiger partial charge < -0.3 is 0 Å². The molecule has 2 nitrogen and oxygen atoms in total. The first kappa shape index (κ1) is 14.1. The number of Topliss-reactive ketones (excluding diaryl/α,β-unsaturated/α-hetero) is 1. The maximum atomic E-state index is 12.2. The Morgan fingerprint density at radius 2 is 2.06 bits per heavy atom. The fourth-order valence-corrected chi connectivity index (χ4v) is 4.16. The highest BCUT2D eigenvalue weighted by Crippen LogP contribution is 2.24. The fraction of sp³-hybridized carbons (Fsp3) is 0.500. The zero-order valence-electron chi connectivity index (χ0n) is 10.7. The van der Waals surface area contributed by atoms with E-state index in [1.165, 1.54) is 0 Å². The van der Waals surface area contributed by atoms with Crippen molar-refractivity contribution in [1.82, 2.24) is 4.90 Å². The highest BCUT2D eigenvalue weighted by molar-refractivity contribution is 9.10. The van der Waals surface area contributed by atoms with E-state index in [9.17, 15) is 4.79 Å². The van der Waals surface area contributed by atoms with Crippen molar-refractivity contribution >= 4 is 33.5 Å². The monoisotopic (exact) mass is 327 g/mol. The first-order chi connectivity index (χ1) is 8.54. The number of ketones is 1. The van der Waals surface area contributed by atoms with Crippen LogP contribution in [0.25, 0.3) is 0 Å². The van der Waals surface area contributed by atoms with E-state index in [1.807, 2.05) is 36.0 Å². The molecule has 1 aromatic rings. The smallest absolute Gasteiger partial charge is 0.176 e. The number of halogens is 1. The molecule has 0 radical (unpaired) electrons. The molecule has 1 saturated heterocycles. The Hall–Kier alpha value is -0.320. The second-order valence-corrected chi connectivity index (χ2v) is 7.68. The molecule has 0 spiro atoms. The average molecular weight is 328 g/mol. The molecule has 0 aromatic heterocycles. The molecule has 1 aromatic carbocycles. The Morgan fingerprint density at radius 3 is 2.67 bits per heavy atom. The van der Waals surface area contributed by atoms with Crippen molar-refractivity contribution in [3.05, 3.63) is 34.3 Å². The van der Waals surface area contributed by atoms with Crippen molar-refractivity contribution < 1.29 is 4.79 Å². The van der Waals surface area contributed by atoms with Crippen LogP contribution in [-0.4, -0.2) is 40.8 Å². The molecule has 0 aliphatic carbocycles. The molecule has 4 heteroatoms. The number of hydrogen-bond donors (Lipinski definition) is 0. The summed E-state index contributed by atoms with van der Waals surface area (Å²) in [6.07, 6.45) is 0. The van der Waals surface area contributed by atoms with Gasteiger partial charge in [-0.25, -0.2) is 0 Å². The van der Waals surface area contributed by atoms with E-state index in [0.717, 1.165) is 23.1 Å². The number of benzene rings is 1. The van der Waals surface area contributed by atoms with Crippen LogP contribution in [0.2, 0.25) is 0 Å². The Balaban J connectivity index is 1.99. The molecule has 0 saturated carbocycles. The lowest BCUT2D eigenvalue weighted by molar-refractivity contribution is 0.0930. The zero-order valence-corrected chi connectivity index (χ0v) is 13.1. The number of carbonyl (C=O) groups excluding carboxylic acids is 1. The van der Waals surface area contributed by atoms with Gasteiger partial charge in [0.05, 0.1) is 6.54 Å². The second-order valence-electron chi connectivity index (χ2n) is 4.88. The number of hydrogen-bond acceptors (Lipinski definition) is 3. The third-order valence-electron chi connectivity index (χ3n) is 3.01. The minimum atomic E-state index is 0.211. The molecule has 98 valence electrons. The molecule has 0 amide bonds. The van der Waals surface area contributed by atoms with Crippen molar-refractivity contribution in [1.29, 1.82) is 0 Å². The molecule has 1 heterocycles. The van der Waals surface area contributed by atoms with Crippen LogP contribution in [0.15, 0.2) is 28.7 Å². The minimum absolute atomic E-state index is 0.211. The standard InChI is InChI=1S/C14H18BrNOS/c1-10-7-16(8-11(2)18-10)9-14(17)12-4-3-5-13(15)6-12/h3-6,10-11H,7-9H2,1-2H3. The van der Waals surface area contributed by atoms with E-state index in [0.29, 0.717) is 17.0 Å². The van der Waals surface area contributed by atoms with E-state index >= 15 is 0 Å². The number of carbonyl (C=O) groups is 1. The summed E-state index contributed by atoms with van der Waals surface area (Å²) in [7, 11) is 0. The van der Waals surface area contributed by atoms with Gasteiger partial charge >= 0.3 is 0 Å². The highest BCUT2D eigenvalue weighted by atomic mass is 79.9. The van der Waals surface area contributed by atoms with Gasteiger partial charge in [0, 0.05) is 33.6 Å². The van der Waals surface area contributed by atoms with Crippen LogP contribution >= 0.6 is 27.7 Å². The summed E-state index contributed by atoms with van der Waals surface area (Å²) < 4.78 is 0.962. The molecule has 1 aliphatic rings. The Labute approximate surface area is 121 Å². The van der Waals surface area contributed by atoms with Crippen molar-refractivity contribution in [3.8, 4) is 0 Å². The maximum Gasteiger partial charge on any atom is 0.176 e. The largest absolute Gasteiger partial charge is 0.294 e. The summed E-state index contributed by atoms with van der Waals surface area (Å²) >= 11 is 5.42. The first-order valence-electron chi connectivity index (χ1n) is 6.21. The summed E-state index contributed by atoms with van der Waals surface area (Å²) in [5.74, 6) is 0.211. The highest BCUT2D eigenvalue weighted by Gasteiger charge is 2.23. The first-order valence-corrected chi connectivity index (χ1v) is 7.95. The van der Waals surface area contributed by atoms with E-state index < -0.39 is 0 Å². The van der Waals surface area contributed by atoms with E-state index in [-0.39, 0.29) is 5.78 Å². The molecule has 2 rings (SSSR count). The lowest BCUT2D eigenvalue weighted by Gasteiger charge is -2.34. The van der Waals surface area contributed by atoms with Crippen LogP contribution in [0.5, 0.6) is 0 Å². The van der Waals surface area contributed by atoms with E-state index in [2.05, 4.69) is 34.7 Å². The lowest BCUT2D eigenvalue weighted by atomic mass is 10.1. The van der Waals surface area contributed by atoms with Gasteiger partial charge in [-0.3, -0.25) is 9.69 Å². The van der Waals surface area contributed by atoms with Gasteiger partial charge in [-0.15, -0.1) is 0 Å². The van der Waals surface area contributed by atoms with Crippen LogP contribution < -0.4 is 0 Å². The quantitative estimate of drug-likeness (QED) is 0.793. The summed E-state index contributed by atoms with van der Waals surface area (Å²) in [5.41, 5.74) is 0.794. The topological polar surface area (TPSA) is 20.3 Å². The molecule has 2 atom stereocenters. The molecular formula is C14H18BrNOS. The second kappa shape index (κ2) is 6.22. The predicted molar refractivity (Wildman–Crippen MR) is 81.4 cm³/mol. The molecule has 1 fully saturated rings. The normalized spacial score (nSPS) is 25.1. The molecule has 1 aliphatic heterocycles. The van der Waals surface area contributed by atoms with Crippen LogP contribution in [0, 0.1) is 0 Å². The summed E-state index contributed by atoms with van der Waals surface area (Å²) in [6.45, 7) is 7.02. The summed E-state index contributed by atoms with van der Waals surface area (Å²) in [4.78, 5) is 14.5. The van der Waals surface area contributed by atoms with Crippen molar-refractivity contribution in [2.75, 3.05) is 19.6 Å². The van der Waals surface area contributed by atoms with Crippen LogP contribution in [0.4, 0.5) is 0 Å². The summed E-state index contributed by atoms with van der Waals surface area (Å²) in [6, 6.07) is 7.64. The van der Waals surface area contributed by atoms with Crippen LogP contribution in [0.1, 0.15) is 24.2 Å². The van der Waals surface area contributed by atoms with Gasteiger partial charge in [0.25, 0.3) is 0 Å². The van der Waals surface area contributed by atoms with Crippen molar-refractivity contribution in [2.24, 2.45) is 0 Å². The van der Waals surface area contributed by atoms with E-state index in [1.54, 1.807) is 0 Å². The Bertz CT molecular complexity index is 428. The molecule has 18 heavy (non-hydrogen) atoms. The fourth-order valence-electron chi connectivity index (χ4n) is 2.37. The van der Waals surface area contributed by atoms with Crippen molar-refractivity contribution in [2.45, 2.75) is 24.3 Å². The molecule has 0 bridgehead atoms. The Morgan fingerprint density at radius 1 is 1.39 bits per heavy atom. The van der Waals surface area contributed by atoms with Gasteiger partial charge in [-0.05, 0) is 12.1 Å². The van der Waals surface area contributed by atoms with Gasteiger partial charge in [-0.1, -0.05) is 41.9 Å². The number of rotatable bonds is 3. The van der Waals surface area contributed by atoms with E-state index in [4.69, 9.17) is 0 Å². The summed E-state index contributed by atoms with van der Waals surface area (Å²) in [5, 5.41) is 1.23. The van der Waals surface area contributed by atoms with Gasteiger partial charge in [0.2, 0.25) is 0 Å². The third-order valence-corrected chi connectivity index (χ3v) is 4.73. The molecular weight excluding hydrogens is 310 g/mol. The average Bonchev–Trinajstić information content (AvgIpc) is 2.27. The van der Waals surface area contributed by atoms with Crippen molar-refractivity contribution in [3.63, 3.8) is 0 Å². The Kier molecular flexibility index (Phi) is 4.87. The molecule has 0 N–H and O–H groups in total. The third kappa shape index (κ3) is 3.84. The molecule has 2 unspecified atom stereocenters. The minimum Gasteiger partial charge on any atom is -0.294 e. The van der Waals surface area contributed by atoms with Crippen LogP contribution in [-0.2, 0) is 0 Å². The van der Waals surface area contributed by atoms with Gasteiger partial charge in [-0.2, -0.15) is 11.8 Å². The SMILES string of the molecule is CC1CN(CC(=O)c2cccc(Br)c2)CC(C)S1. The van der Waals surface area contributed by atoms with Gasteiger partial charge in [0.15, 0.2) is 5.78 Å². The number of thioether (sulfide) groups is 1. The van der Waals surface area contributed by atoms with Crippen LogP contribution in [0.3, 0.4) is 0 Å². The lowest BCUT2D eigenvalue weighted by Crippen LogP contribution is -2.42. The maximum absolute atomic E-state index is 12.2. The zero-order chi connectivity index (χ0) is 13.1. The van der Waals surface area contributed by atoms with Gasteiger partial charge in [0.1, 0.15) is 0 Å². The number of nitrogens with zero attached hydrogens (tertiary/aromatic N) is 1.